The van der Waals surface area contributed by atoms with E-state index in [4.69, 9.17) is 16.3 Å². The molecule has 0 saturated heterocycles. The molecule has 3 aromatic rings. The average Bonchev–Trinajstić information content (AvgIpc) is 3.13. The Balaban J connectivity index is 1.53. The molecular weight excluding hydrogens is 450 g/mol. The first kappa shape index (κ1) is 22.0. The highest BCUT2D eigenvalue weighted by molar-refractivity contribution is 7.92. The molecule has 0 saturated carbocycles. The molecule has 0 bridgehead atoms. The molecule has 0 aliphatic carbocycles. The van der Waals surface area contributed by atoms with E-state index < -0.39 is 28.4 Å². The lowest BCUT2D eigenvalue weighted by molar-refractivity contribution is 0.0474. The van der Waals surface area contributed by atoms with Crippen LogP contribution in [0.3, 0.4) is 0 Å². The van der Waals surface area contributed by atoms with Crippen molar-refractivity contribution in [2.75, 3.05) is 10.9 Å². The van der Waals surface area contributed by atoms with Crippen LogP contribution in [0, 0.1) is 0 Å². The summed E-state index contributed by atoms with van der Waals surface area (Å²) in [5, 5.41) is 0.401. The number of carbonyl (C=O) groups is 2. The smallest absolute Gasteiger partial charge is 0.338 e. The van der Waals surface area contributed by atoms with Gasteiger partial charge in [-0.1, -0.05) is 48.0 Å². The zero-order chi connectivity index (χ0) is 22.9. The Morgan fingerprint density at radius 1 is 1.00 bits per heavy atom. The number of ether oxygens (including phenoxy) is 1. The summed E-state index contributed by atoms with van der Waals surface area (Å²) >= 11 is 5.88. The van der Waals surface area contributed by atoms with Gasteiger partial charge in [0.2, 0.25) is 0 Å². The van der Waals surface area contributed by atoms with Crippen molar-refractivity contribution in [3.8, 4) is 0 Å². The van der Waals surface area contributed by atoms with Gasteiger partial charge in [-0.05, 0) is 55.3 Å². The summed E-state index contributed by atoms with van der Waals surface area (Å²) in [6, 6.07) is 19.1. The number of carbonyl (C=O) groups excluding carboxylic acids is 2. The number of sulfonamides is 1. The molecule has 164 valence electrons. The maximum atomic E-state index is 13.4. The van der Waals surface area contributed by atoms with Crippen molar-refractivity contribution in [1.29, 1.82) is 0 Å². The minimum absolute atomic E-state index is 0.0170. The molecule has 1 atom stereocenters. The lowest BCUT2D eigenvalue weighted by Gasteiger charge is -2.24. The minimum atomic E-state index is -3.89. The monoisotopic (exact) mass is 469 g/mol. The summed E-state index contributed by atoms with van der Waals surface area (Å²) in [5.74, 6) is -1.19. The number of hydrogen-bond acceptors (Lipinski definition) is 5. The van der Waals surface area contributed by atoms with Gasteiger partial charge in [-0.3, -0.25) is 9.10 Å². The van der Waals surface area contributed by atoms with Crippen LogP contribution >= 0.6 is 11.6 Å². The van der Waals surface area contributed by atoms with E-state index in [0.717, 1.165) is 5.56 Å². The number of halogens is 1. The Morgan fingerprint density at radius 3 is 2.50 bits per heavy atom. The van der Waals surface area contributed by atoms with Crippen LogP contribution in [-0.4, -0.2) is 32.8 Å². The number of Topliss-reactive ketones (excluding diaryl/α,β-unsaturated/α-hetero) is 1. The Bertz CT molecular complexity index is 1310. The van der Waals surface area contributed by atoms with E-state index in [1.54, 1.807) is 30.3 Å². The summed E-state index contributed by atoms with van der Waals surface area (Å²) in [5.41, 5.74) is 1.96. The van der Waals surface area contributed by atoms with Crippen molar-refractivity contribution in [1.82, 2.24) is 0 Å². The number of ketones is 1. The normalized spacial score (nSPS) is 15.3. The number of nitrogens with zero attached hydrogens (tertiary/aromatic N) is 1. The predicted octanol–water partition coefficient (Wildman–Crippen LogP) is 4.52. The van der Waals surface area contributed by atoms with Crippen LogP contribution in [-0.2, 0) is 21.2 Å². The zero-order valence-corrected chi connectivity index (χ0v) is 18.8. The van der Waals surface area contributed by atoms with Gasteiger partial charge in [-0.15, -0.1) is 0 Å². The largest absolute Gasteiger partial charge is 0.454 e. The fraction of sp³-hybridized carbons (Fsp3) is 0.167. The van der Waals surface area contributed by atoms with Crippen LogP contribution in [0.1, 0.15) is 33.2 Å². The first-order valence-electron chi connectivity index (χ1n) is 9.95. The molecule has 32 heavy (non-hydrogen) atoms. The van der Waals surface area contributed by atoms with Crippen LogP contribution in [0.2, 0.25) is 5.02 Å². The molecule has 6 nitrogen and oxygen atoms in total. The van der Waals surface area contributed by atoms with Gasteiger partial charge in [-0.2, -0.15) is 0 Å². The van der Waals surface area contributed by atoms with Crippen molar-refractivity contribution < 1.29 is 22.7 Å². The molecule has 3 aromatic carbocycles. The van der Waals surface area contributed by atoms with Crippen LogP contribution in [0.15, 0.2) is 77.7 Å². The lowest BCUT2D eigenvalue weighted by Crippen LogP contribution is -2.35. The molecule has 8 heteroatoms. The lowest BCUT2D eigenvalue weighted by atomic mass is 10.1. The average molecular weight is 470 g/mol. The number of hydrogen-bond donors (Lipinski definition) is 0. The van der Waals surface area contributed by atoms with Crippen LogP contribution in [0.4, 0.5) is 5.69 Å². The van der Waals surface area contributed by atoms with Gasteiger partial charge in [0.25, 0.3) is 10.0 Å². The highest BCUT2D eigenvalue weighted by atomic mass is 35.5. The van der Waals surface area contributed by atoms with E-state index in [-0.39, 0.29) is 16.5 Å². The maximum Gasteiger partial charge on any atom is 0.338 e. The fourth-order valence-corrected chi connectivity index (χ4v) is 5.69. The minimum Gasteiger partial charge on any atom is -0.454 e. The quantitative estimate of drug-likeness (QED) is 0.391. The van der Waals surface area contributed by atoms with Crippen molar-refractivity contribution >= 4 is 39.1 Å². The van der Waals surface area contributed by atoms with Gasteiger partial charge >= 0.3 is 5.97 Å². The molecule has 1 unspecified atom stereocenters. The Kier molecular flexibility index (Phi) is 6.04. The third-order valence-corrected chi connectivity index (χ3v) is 7.41. The highest BCUT2D eigenvalue weighted by Gasteiger charge is 2.36. The van der Waals surface area contributed by atoms with Gasteiger partial charge < -0.3 is 4.74 Å². The molecule has 1 aliphatic rings. The van der Waals surface area contributed by atoms with Crippen LogP contribution < -0.4 is 4.31 Å². The number of anilines is 1. The number of fused-ring (bicyclic) bond motifs is 1. The number of para-hydroxylation sites is 1. The number of esters is 1. The van der Waals surface area contributed by atoms with Crippen molar-refractivity contribution in [2.24, 2.45) is 0 Å². The second-order valence-electron chi connectivity index (χ2n) is 7.52. The summed E-state index contributed by atoms with van der Waals surface area (Å²) in [7, 11) is -3.89. The van der Waals surface area contributed by atoms with Crippen LogP contribution in [0.5, 0.6) is 0 Å². The predicted molar refractivity (Wildman–Crippen MR) is 122 cm³/mol. The Labute approximate surface area is 191 Å². The Hall–Kier alpha value is -3.16. The molecule has 1 aliphatic heterocycles. The highest BCUT2D eigenvalue weighted by Crippen LogP contribution is 2.36. The molecule has 0 amide bonds. The second kappa shape index (κ2) is 8.76. The summed E-state index contributed by atoms with van der Waals surface area (Å²) < 4.78 is 33.2. The number of rotatable bonds is 6. The molecular formula is C24H20ClNO5S. The zero-order valence-electron chi connectivity index (χ0n) is 17.2. The van der Waals surface area contributed by atoms with E-state index in [1.165, 1.54) is 34.6 Å². The standard InChI is InChI=1S/C24H20ClNO5S/c1-16-12-17-6-2-3-11-22(17)26(16)32(29,30)21-10-5-8-19(14-21)24(28)31-15-23(27)18-7-4-9-20(25)13-18/h2-11,13-14,16H,12,15H2,1H3. The first-order valence-corrected chi connectivity index (χ1v) is 11.8. The van der Waals surface area contributed by atoms with Crippen molar-refractivity contribution in [3.63, 3.8) is 0 Å². The number of benzene rings is 3. The van der Waals surface area contributed by atoms with E-state index in [2.05, 4.69) is 0 Å². The summed E-state index contributed by atoms with van der Waals surface area (Å²) in [6.45, 7) is 1.36. The SMILES string of the molecule is CC1Cc2ccccc2N1S(=O)(=O)c1cccc(C(=O)OCC(=O)c2cccc(Cl)c2)c1. The molecule has 0 aromatic heterocycles. The molecule has 4 rings (SSSR count). The van der Waals surface area contributed by atoms with Gasteiger partial charge in [0, 0.05) is 16.6 Å². The van der Waals surface area contributed by atoms with Gasteiger partial charge in [0.1, 0.15) is 0 Å². The van der Waals surface area contributed by atoms with E-state index in [0.29, 0.717) is 22.7 Å². The molecule has 1 heterocycles. The Morgan fingerprint density at radius 2 is 1.72 bits per heavy atom. The van der Waals surface area contributed by atoms with Gasteiger partial charge in [-0.25, -0.2) is 13.2 Å². The van der Waals surface area contributed by atoms with E-state index >= 15 is 0 Å². The van der Waals surface area contributed by atoms with E-state index in [9.17, 15) is 18.0 Å². The topological polar surface area (TPSA) is 80.8 Å². The first-order chi connectivity index (χ1) is 15.3. The third kappa shape index (κ3) is 4.26. The van der Waals surface area contributed by atoms with Crippen LogP contribution in [0.25, 0.3) is 0 Å². The fourth-order valence-electron chi connectivity index (χ4n) is 3.76. The third-order valence-electron chi connectivity index (χ3n) is 5.25. The maximum absolute atomic E-state index is 13.4. The van der Waals surface area contributed by atoms with Crippen molar-refractivity contribution in [2.45, 2.75) is 24.3 Å². The molecule has 0 spiro atoms. The molecule has 0 radical (unpaired) electrons. The molecule has 0 fully saturated rings. The van der Waals surface area contributed by atoms with E-state index in [1.807, 2.05) is 19.1 Å². The molecule has 0 N–H and O–H groups in total. The van der Waals surface area contributed by atoms with Gasteiger partial charge in [0.15, 0.2) is 12.4 Å². The summed E-state index contributed by atoms with van der Waals surface area (Å²) in [4.78, 5) is 24.7. The van der Waals surface area contributed by atoms with Gasteiger partial charge in [0.05, 0.1) is 16.1 Å². The second-order valence-corrected chi connectivity index (χ2v) is 9.77. The summed E-state index contributed by atoms with van der Waals surface area (Å²) in [6.07, 6.45) is 0.614. The van der Waals surface area contributed by atoms with Crippen molar-refractivity contribution in [3.05, 3.63) is 94.5 Å².